The van der Waals surface area contributed by atoms with Gasteiger partial charge in [0.1, 0.15) is 6.04 Å². The number of hydrogen-bond donors (Lipinski definition) is 1. The molecular formula is C18H20N2O3S. The van der Waals surface area contributed by atoms with Gasteiger partial charge < -0.3 is 4.90 Å². The predicted molar refractivity (Wildman–Crippen MR) is 93.4 cm³/mol. The molecule has 1 fully saturated rings. The molecule has 0 bridgehead atoms. The van der Waals surface area contributed by atoms with E-state index in [0.29, 0.717) is 13.0 Å². The van der Waals surface area contributed by atoms with Gasteiger partial charge in [0.15, 0.2) is 0 Å². The molecule has 1 saturated heterocycles. The molecule has 0 aliphatic carbocycles. The summed E-state index contributed by atoms with van der Waals surface area (Å²) in [6.07, 6.45) is 0.456. The van der Waals surface area contributed by atoms with Crippen molar-refractivity contribution >= 4 is 21.6 Å². The highest BCUT2D eigenvalue weighted by molar-refractivity contribution is 7.89. The molecule has 1 atom stereocenters. The van der Waals surface area contributed by atoms with Gasteiger partial charge in [0.25, 0.3) is 0 Å². The van der Waals surface area contributed by atoms with Crippen LogP contribution in [0.3, 0.4) is 0 Å². The molecule has 1 amide bonds. The van der Waals surface area contributed by atoms with Crippen molar-refractivity contribution in [3.8, 4) is 0 Å². The molecule has 1 aliphatic heterocycles. The monoisotopic (exact) mass is 344 g/mol. The van der Waals surface area contributed by atoms with Crippen LogP contribution in [0.4, 0.5) is 5.69 Å². The van der Waals surface area contributed by atoms with Gasteiger partial charge in [0.2, 0.25) is 15.9 Å². The van der Waals surface area contributed by atoms with E-state index in [4.69, 9.17) is 0 Å². The first-order valence-electron chi connectivity index (χ1n) is 7.84. The van der Waals surface area contributed by atoms with Gasteiger partial charge in [-0.25, -0.2) is 8.42 Å². The lowest BCUT2D eigenvalue weighted by Crippen LogP contribution is -2.41. The van der Waals surface area contributed by atoms with Gasteiger partial charge in [-0.05, 0) is 50.1 Å². The minimum atomic E-state index is -3.71. The number of anilines is 1. The summed E-state index contributed by atoms with van der Waals surface area (Å²) in [5.74, 6) is -0.213. The first-order chi connectivity index (χ1) is 11.4. The van der Waals surface area contributed by atoms with E-state index in [-0.39, 0.29) is 10.8 Å². The van der Waals surface area contributed by atoms with Crippen LogP contribution in [0, 0.1) is 13.8 Å². The molecule has 0 aromatic heterocycles. The molecule has 1 N–H and O–H groups in total. The topological polar surface area (TPSA) is 66.5 Å². The van der Waals surface area contributed by atoms with Crippen LogP contribution in [0.5, 0.6) is 0 Å². The average molecular weight is 344 g/mol. The van der Waals surface area contributed by atoms with E-state index < -0.39 is 16.1 Å². The number of hydrogen-bond acceptors (Lipinski definition) is 3. The van der Waals surface area contributed by atoms with E-state index in [1.165, 1.54) is 6.07 Å². The minimum Gasteiger partial charge on any atom is -0.311 e. The first kappa shape index (κ1) is 16.7. The number of nitrogens with one attached hydrogen (secondary N) is 1. The predicted octanol–water partition coefficient (Wildman–Crippen LogP) is 2.39. The highest BCUT2D eigenvalue weighted by Crippen LogP contribution is 2.23. The average Bonchev–Trinajstić information content (AvgIpc) is 2.89. The summed E-state index contributed by atoms with van der Waals surface area (Å²) in [6.45, 7) is 4.32. The molecule has 2 aromatic rings. The van der Waals surface area contributed by atoms with Crippen molar-refractivity contribution in [1.29, 1.82) is 0 Å². The highest BCUT2D eigenvalue weighted by atomic mass is 32.2. The Balaban J connectivity index is 1.77. The van der Waals surface area contributed by atoms with Crippen LogP contribution in [-0.4, -0.2) is 26.9 Å². The van der Waals surface area contributed by atoms with Crippen molar-refractivity contribution in [2.75, 3.05) is 11.4 Å². The summed E-state index contributed by atoms with van der Waals surface area (Å²) < 4.78 is 27.5. The molecule has 0 saturated carbocycles. The Morgan fingerprint density at radius 1 is 1.04 bits per heavy atom. The van der Waals surface area contributed by atoms with Crippen LogP contribution < -0.4 is 9.62 Å². The standard InChI is InChI=1S/C18H20N2O3S/c1-13-6-8-15(9-7-13)20-11-10-17(18(20)21)19-24(22,23)16-5-3-4-14(2)12-16/h3-9,12,17,19H,10-11H2,1-2H3/t17-/m1/s1. The lowest BCUT2D eigenvalue weighted by atomic mass is 10.2. The maximum atomic E-state index is 12.6. The Bertz CT molecular complexity index is 860. The number of amides is 1. The molecule has 6 heteroatoms. The fraction of sp³-hybridized carbons (Fsp3) is 0.278. The normalized spacial score (nSPS) is 18.2. The summed E-state index contributed by atoms with van der Waals surface area (Å²) >= 11 is 0. The van der Waals surface area contributed by atoms with E-state index in [0.717, 1.165) is 16.8 Å². The fourth-order valence-corrected chi connectivity index (χ4v) is 4.14. The molecule has 1 heterocycles. The third kappa shape index (κ3) is 3.34. The largest absolute Gasteiger partial charge is 0.311 e. The smallest absolute Gasteiger partial charge is 0.245 e. The Hall–Kier alpha value is -2.18. The second-order valence-electron chi connectivity index (χ2n) is 6.10. The molecule has 24 heavy (non-hydrogen) atoms. The number of sulfonamides is 1. The van der Waals surface area contributed by atoms with E-state index in [9.17, 15) is 13.2 Å². The summed E-state index contributed by atoms with van der Waals surface area (Å²) in [4.78, 5) is 14.4. The quantitative estimate of drug-likeness (QED) is 0.926. The van der Waals surface area contributed by atoms with Gasteiger partial charge in [-0.3, -0.25) is 4.79 Å². The molecule has 0 radical (unpaired) electrons. The van der Waals surface area contributed by atoms with Crippen molar-refractivity contribution < 1.29 is 13.2 Å². The molecule has 126 valence electrons. The molecule has 3 rings (SSSR count). The number of benzene rings is 2. The van der Waals surface area contributed by atoms with Crippen molar-refractivity contribution in [2.24, 2.45) is 0 Å². The number of rotatable bonds is 4. The third-order valence-electron chi connectivity index (χ3n) is 4.15. The SMILES string of the molecule is Cc1ccc(N2CC[C@@H](NS(=O)(=O)c3cccc(C)c3)C2=O)cc1. The molecule has 0 unspecified atom stereocenters. The Labute approximate surface area is 142 Å². The second kappa shape index (κ2) is 6.37. The zero-order valence-electron chi connectivity index (χ0n) is 13.7. The molecule has 0 spiro atoms. The lowest BCUT2D eigenvalue weighted by molar-refractivity contribution is -0.118. The van der Waals surface area contributed by atoms with Crippen LogP contribution in [0.25, 0.3) is 0 Å². The van der Waals surface area contributed by atoms with Crippen LogP contribution in [0.2, 0.25) is 0 Å². The van der Waals surface area contributed by atoms with Gasteiger partial charge in [-0.2, -0.15) is 4.72 Å². The first-order valence-corrected chi connectivity index (χ1v) is 9.32. The Kier molecular flexibility index (Phi) is 4.43. The van der Waals surface area contributed by atoms with E-state index >= 15 is 0 Å². The van der Waals surface area contributed by atoms with Crippen LogP contribution in [0.15, 0.2) is 53.4 Å². The van der Waals surface area contributed by atoms with Crippen molar-refractivity contribution in [2.45, 2.75) is 31.2 Å². The molecule has 5 nitrogen and oxygen atoms in total. The summed E-state index contributed by atoms with van der Waals surface area (Å²) in [5.41, 5.74) is 2.77. The van der Waals surface area contributed by atoms with Crippen molar-refractivity contribution in [3.63, 3.8) is 0 Å². The maximum absolute atomic E-state index is 12.6. The maximum Gasteiger partial charge on any atom is 0.245 e. The van der Waals surface area contributed by atoms with Gasteiger partial charge in [0.05, 0.1) is 4.90 Å². The number of aryl methyl sites for hydroxylation is 2. The van der Waals surface area contributed by atoms with E-state index in [1.54, 1.807) is 17.0 Å². The van der Waals surface area contributed by atoms with E-state index in [2.05, 4.69) is 4.72 Å². The van der Waals surface area contributed by atoms with E-state index in [1.807, 2.05) is 44.2 Å². The summed E-state index contributed by atoms with van der Waals surface area (Å²) in [7, 11) is -3.71. The molecule has 2 aromatic carbocycles. The van der Waals surface area contributed by atoms with Gasteiger partial charge in [-0.1, -0.05) is 29.8 Å². The number of carbonyl (C=O) groups excluding carboxylic acids is 1. The minimum absolute atomic E-state index is 0.184. The zero-order valence-corrected chi connectivity index (χ0v) is 14.5. The summed E-state index contributed by atoms with van der Waals surface area (Å²) in [6, 6.07) is 13.6. The van der Waals surface area contributed by atoms with Gasteiger partial charge in [0, 0.05) is 12.2 Å². The zero-order chi connectivity index (χ0) is 17.3. The number of nitrogens with zero attached hydrogens (tertiary/aromatic N) is 1. The highest BCUT2D eigenvalue weighted by Gasteiger charge is 2.35. The fourth-order valence-electron chi connectivity index (χ4n) is 2.81. The van der Waals surface area contributed by atoms with Crippen LogP contribution in [0.1, 0.15) is 17.5 Å². The van der Waals surface area contributed by atoms with Gasteiger partial charge >= 0.3 is 0 Å². The van der Waals surface area contributed by atoms with Crippen LogP contribution in [-0.2, 0) is 14.8 Å². The number of carbonyl (C=O) groups is 1. The van der Waals surface area contributed by atoms with Crippen molar-refractivity contribution in [3.05, 3.63) is 59.7 Å². The van der Waals surface area contributed by atoms with Gasteiger partial charge in [-0.15, -0.1) is 0 Å². The second-order valence-corrected chi connectivity index (χ2v) is 7.82. The summed E-state index contributed by atoms with van der Waals surface area (Å²) in [5, 5.41) is 0. The third-order valence-corrected chi connectivity index (χ3v) is 5.62. The molecule has 1 aliphatic rings. The Morgan fingerprint density at radius 2 is 1.75 bits per heavy atom. The molecular weight excluding hydrogens is 324 g/mol. The van der Waals surface area contributed by atoms with Crippen molar-refractivity contribution in [1.82, 2.24) is 4.72 Å². The van der Waals surface area contributed by atoms with Crippen LogP contribution >= 0.6 is 0 Å². The lowest BCUT2D eigenvalue weighted by Gasteiger charge is -2.17. The Morgan fingerprint density at radius 3 is 2.42 bits per heavy atom.